The van der Waals surface area contributed by atoms with Gasteiger partial charge in [-0.3, -0.25) is 4.79 Å². The van der Waals surface area contributed by atoms with Crippen molar-refractivity contribution in [2.75, 3.05) is 24.7 Å². The van der Waals surface area contributed by atoms with E-state index < -0.39 is 5.79 Å². The van der Waals surface area contributed by atoms with Crippen molar-refractivity contribution >= 4 is 11.6 Å². The van der Waals surface area contributed by atoms with Crippen LogP contribution in [0.5, 0.6) is 0 Å². The fraction of sp³-hybridized carbons (Fsp3) is 0.650. The average Bonchev–Trinajstić information content (AvgIpc) is 2.83. The molecule has 0 N–H and O–H groups in total. The smallest absolute Gasteiger partial charge is 0.292 e. The second-order valence-corrected chi connectivity index (χ2v) is 6.79. The number of carbonyl (C=O) groups excluding carboxylic acids is 1. The van der Waals surface area contributed by atoms with Gasteiger partial charge < -0.3 is 14.4 Å². The molecule has 1 aromatic rings. The number of nitrogens with zero attached hydrogens (tertiary/aromatic N) is 1. The van der Waals surface area contributed by atoms with E-state index in [-0.39, 0.29) is 5.91 Å². The molecule has 0 saturated carbocycles. The van der Waals surface area contributed by atoms with Gasteiger partial charge in [0, 0.05) is 12.1 Å². The van der Waals surface area contributed by atoms with Crippen molar-refractivity contribution in [3.63, 3.8) is 0 Å². The third-order valence-corrected chi connectivity index (χ3v) is 4.94. The second kappa shape index (κ2) is 7.66. The summed E-state index contributed by atoms with van der Waals surface area (Å²) >= 11 is 0. The molecule has 0 radical (unpaired) electrons. The summed E-state index contributed by atoms with van der Waals surface area (Å²) in [5.74, 6) is -1.23. The van der Waals surface area contributed by atoms with Crippen LogP contribution >= 0.6 is 0 Å². The van der Waals surface area contributed by atoms with E-state index >= 15 is 0 Å². The summed E-state index contributed by atoms with van der Waals surface area (Å²) in [5, 5.41) is 0. The van der Waals surface area contributed by atoms with Crippen LogP contribution in [0.2, 0.25) is 0 Å². The highest BCUT2D eigenvalue weighted by atomic mass is 16.7. The molecular formula is C20H29NO3. The Morgan fingerprint density at radius 3 is 2.54 bits per heavy atom. The maximum Gasteiger partial charge on any atom is 0.292 e. The van der Waals surface area contributed by atoms with Gasteiger partial charge in [-0.2, -0.15) is 0 Å². The molecule has 24 heavy (non-hydrogen) atoms. The van der Waals surface area contributed by atoms with E-state index in [1.54, 1.807) is 0 Å². The summed E-state index contributed by atoms with van der Waals surface area (Å²) in [7, 11) is 0. The molecule has 1 spiro atoms. The number of aryl methyl sites for hydroxylation is 1. The first-order valence-electron chi connectivity index (χ1n) is 9.46. The highest BCUT2D eigenvalue weighted by Gasteiger charge is 2.54. The van der Waals surface area contributed by atoms with Crippen LogP contribution in [0.25, 0.3) is 0 Å². The predicted octanol–water partition coefficient (Wildman–Crippen LogP) is 4.16. The zero-order valence-corrected chi connectivity index (χ0v) is 15.0. The van der Waals surface area contributed by atoms with E-state index in [9.17, 15) is 4.79 Å². The van der Waals surface area contributed by atoms with E-state index in [1.165, 1.54) is 5.56 Å². The molecular weight excluding hydrogens is 302 g/mol. The third kappa shape index (κ3) is 3.09. The summed E-state index contributed by atoms with van der Waals surface area (Å²) in [5.41, 5.74) is 3.14. The number of unbranched alkanes of at least 4 members (excludes halogenated alkanes) is 3. The Balaban J connectivity index is 1.93. The molecule has 2 aliphatic rings. The number of hydrogen-bond donors (Lipinski definition) is 0. The normalized spacial score (nSPS) is 19.1. The minimum atomic E-state index is -1.19. The van der Waals surface area contributed by atoms with E-state index in [2.05, 4.69) is 32.0 Å². The van der Waals surface area contributed by atoms with E-state index in [0.29, 0.717) is 13.2 Å². The van der Waals surface area contributed by atoms with Crippen molar-refractivity contribution in [3.8, 4) is 0 Å². The Kier molecular flexibility index (Phi) is 5.57. The van der Waals surface area contributed by atoms with Crippen molar-refractivity contribution in [2.24, 2.45) is 0 Å². The van der Waals surface area contributed by atoms with E-state index in [0.717, 1.165) is 62.7 Å². The molecule has 1 amide bonds. The predicted molar refractivity (Wildman–Crippen MR) is 95.1 cm³/mol. The number of fused-ring (bicyclic) bond motifs is 2. The van der Waals surface area contributed by atoms with Crippen molar-refractivity contribution in [3.05, 3.63) is 29.3 Å². The van der Waals surface area contributed by atoms with Gasteiger partial charge in [0.2, 0.25) is 0 Å². The van der Waals surface area contributed by atoms with E-state index in [4.69, 9.17) is 9.47 Å². The highest BCUT2D eigenvalue weighted by molar-refractivity contribution is 6.06. The lowest BCUT2D eigenvalue weighted by atomic mass is 10.00. The Labute approximate surface area is 145 Å². The van der Waals surface area contributed by atoms with Crippen molar-refractivity contribution < 1.29 is 14.3 Å². The first kappa shape index (κ1) is 17.4. The average molecular weight is 331 g/mol. The molecule has 4 nitrogen and oxygen atoms in total. The molecule has 1 saturated heterocycles. The molecule has 1 aromatic carbocycles. The lowest BCUT2D eigenvalue weighted by Crippen LogP contribution is -2.47. The first-order valence-corrected chi connectivity index (χ1v) is 9.46. The molecule has 0 bridgehead atoms. The maximum absolute atomic E-state index is 13.1. The number of anilines is 1. The van der Waals surface area contributed by atoms with Gasteiger partial charge in [-0.05, 0) is 43.4 Å². The van der Waals surface area contributed by atoms with Gasteiger partial charge in [-0.1, -0.05) is 39.2 Å². The summed E-state index contributed by atoms with van der Waals surface area (Å²) in [6.07, 6.45) is 7.47. The number of rotatable bonds is 7. The number of carbonyl (C=O) groups is 1. The van der Waals surface area contributed by atoms with Crippen molar-refractivity contribution in [2.45, 2.75) is 64.6 Å². The molecule has 3 rings (SSSR count). The molecule has 2 aliphatic heterocycles. The molecule has 2 heterocycles. The van der Waals surface area contributed by atoms with Crippen LogP contribution in [0, 0.1) is 0 Å². The van der Waals surface area contributed by atoms with Gasteiger partial charge in [-0.25, -0.2) is 0 Å². The van der Waals surface area contributed by atoms with Crippen LogP contribution in [-0.4, -0.2) is 25.7 Å². The Morgan fingerprint density at radius 2 is 1.83 bits per heavy atom. The van der Waals surface area contributed by atoms with Gasteiger partial charge in [0.15, 0.2) is 0 Å². The molecule has 0 atom stereocenters. The minimum Gasteiger partial charge on any atom is -0.338 e. The fourth-order valence-corrected chi connectivity index (χ4v) is 3.57. The van der Waals surface area contributed by atoms with Gasteiger partial charge in [0.1, 0.15) is 0 Å². The van der Waals surface area contributed by atoms with Crippen LogP contribution in [0.1, 0.15) is 63.5 Å². The summed E-state index contributed by atoms with van der Waals surface area (Å²) in [6.45, 7) is 6.26. The molecule has 0 unspecified atom stereocenters. The van der Waals surface area contributed by atoms with E-state index in [1.807, 2.05) is 4.90 Å². The van der Waals surface area contributed by atoms with Crippen LogP contribution < -0.4 is 4.90 Å². The minimum absolute atomic E-state index is 0.0408. The highest BCUT2D eigenvalue weighted by Crippen LogP contribution is 2.45. The zero-order valence-electron chi connectivity index (χ0n) is 15.0. The van der Waals surface area contributed by atoms with Gasteiger partial charge in [0.25, 0.3) is 11.7 Å². The Bertz CT molecular complexity index is 578. The summed E-state index contributed by atoms with van der Waals surface area (Å²) in [6, 6.07) is 6.37. The molecule has 132 valence electrons. The maximum atomic E-state index is 13.1. The monoisotopic (exact) mass is 331 g/mol. The Morgan fingerprint density at radius 1 is 1.08 bits per heavy atom. The fourth-order valence-electron chi connectivity index (χ4n) is 3.57. The van der Waals surface area contributed by atoms with Crippen molar-refractivity contribution in [1.82, 2.24) is 0 Å². The summed E-state index contributed by atoms with van der Waals surface area (Å²) in [4.78, 5) is 15.0. The molecule has 4 heteroatoms. The van der Waals surface area contributed by atoms with Crippen LogP contribution in [-0.2, 0) is 26.5 Å². The Hall–Kier alpha value is -1.39. The number of hydrogen-bond acceptors (Lipinski definition) is 3. The van der Waals surface area contributed by atoms with Gasteiger partial charge in [0.05, 0.1) is 18.9 Å². The molecule has 1 fully saturated rings. The third-order valence-electron chi connectivity index (χ3n) is 4.94. The van der Waals surface area contributed by atoms with Gasteiger partial charge >= 0.3 is 0 Å². The molecule has 0 aliphatic carbocycles. The first-order chi connectivity index (χ1) is 11.7. The van der Waals surface area contributed by atoms with Crippen LogP contribution in [0.4, 0.5) is 5.69 Å². The van der Waals surface area contributed by atoms with Crippen LogP contribution in [0.3, 0.4) is 0 Å². The van der Waals surface area contributed by atoms with Gasteiger partial charge in [-0.15, -0.1) is 0 Å². The SMILES string of the molecule is CCCCCN1C(=O)C2(OCCCO2)c2cc(CCCC)ccc21. The number of benzene rings is 1. The lowest BCUT2D eigenvalue weighted by molar-refractivity contribution is -0.256. The molecule has 0 aromatic heterocycles. The topological polar surface area (TPSA) is 38.8 Å². The standard InChI is InChI=1S/C20H29NO3/c1-3-5-7-12-21-18-11-10-16(9-6-4-2)15-17(18)20(19(21)22)23-13-8-14-24-20/h10-11,15H,3-9,12-14H2,1-2H3. The van der Waals surface area contributed by atoms with Crippen LogP contribution in [0.15, 0.2) is 18.2 Å². The lowest BCUT2D eigenvalue weighted by Gasteiger charge is -2.32. The summed E-state index contributed by atoms with van der Waals surface area (Å²) < 4.78 is 11.9. The largest absolute Gasteiger partial charge is 0.338 e. The quantitative estimate of drug-likeness (QED) is 0.704. The number of ether oxygens (including phenoxy) is 2. The van der Waals surface area contributed by atoms with Crippen molar-refractivity contribution in [1.29, 1.82) is 0 Å². The zero-order chi connectivity index (χ0) is 17.0. The second-order valence-electron chi connectivity index (χ2n) is 6.79. The number of amides is 1.